The minimum atomic E-state index is 1.16. The van der Waals surface area contributed by atoms with Gasteiger partial charge in [0.2, 0.25) is 0 Å². The fourth-order valence-corrected chi connectivity index (χ4v) is 9.09. The van der Waals surface area contributed by atoms with Gasteiger partial charge in [0, 0.05) is 49.4 Å². The van der Waals surface area contributed by atoms with Crippen LogP contribution in [0.4, 0.5) is 17.1 Å². The zero-order valence-electron chi connectivity index (χ0n) is 28.1. The molecule has 1 aliphatic rings. The van der Waals surface area contributed by atoms with Crippen LogP contribution >= 0.6 is 0 Å². The first kappa shape index (κ1) is 27.7. The van der Waals surface area contributed by atoms with Gasteiger partial charge in [-0.3, -0.25) is 0 Å². The zero-order valence-corrected chi connectivity index (χ0v) is 28.1. The maximum atomic E-state index is 2.49. The SMILES string of the molecule is c1ccc(N2c3ccccc3-n3c4ccc5c(c6ccccc6n5-c5ccc6c(c5)c5ccccc5n6-c5ccccc5)c4c4cccc2c43)cc1. The Morgan fingerprint density at radius 3 is 1.58 bits per heavy atom. The Morgan fingerprint density at radius 1 is 0.269 bits per heavy atom. The lowest BCUT2D eigenvalue weighted by Crippen LogP contribution is -2.17. The van der Waals surface area contributed by atoms with Crippen molar-refractivity contribution < 1.29 is 0 Å². The highest BCUT2D eigenvalue weighted by atomic mass is 15.2. The van der Waals surface area contributed by atoms with Gasteiger partial charge >= 0.3 is 0 Å². The Hall–Kier alpha value is -7.04. The van der Waals surface area contributed by atoms with Gasteiger partial charge in [-0.15, -0.1) is 0 Å². The molecule has 0 bridgehead atoms. The number of nitrogens with zero attached hydrogens (tertiary/aromatic N) is 4. The van der Waals surface area contributed by atoms with E-state index in [-0.39, 0.29) is 0 Å². The van der Waals surface area contributed by atoms with Gasteiger partial charge in [0.05, 0.1) is 50.2 Å². The topological polar surface area (TPSA) is 18.0 Å². The predicted octanol–water partition coefficient (Wildman–Crippen LogP) is 12.8. The smallest absolute Gasteiger partial charge is 0.0783 e. The van der Waals surface area contributed by atoms with Crippen LogP contribution in [0, 0.1) is 0 Å². The highest BCUT2D eigenvalue weighted by Gasteiger charge is 2.30. The number of hydrogen-bond donors (Lipinski definition) is 0. The maximum absolute atomic E-state index is 2.49. The van der Waals surface area contributed by atoms with E-state index in [1.54, 1.807) is 0 Å². The van der Waals surface area contributed by atoms with Crippen LogP contribution in [0.25, 0.3) is 82.5 Å². The molecule has 0 fully saturated rings. The highest BCUT2D eigenvalue weighted by Crippen LogP contribution is 2.51. The van der Waals surface area contributed by atoms with Crippen LogP contribution in [0.2, 0.25) is 0 Å². The van der Waals surface area contributed by atoms with Crippen molar-refractivity contribution in [3.8, 4) is 17.1 Å². The normalized spacial score (nSPS) is 12.6. The van der Waals surface area contributed by atoms with Crippen molar-refractivity contribution in [3.05, 3.63) is 182 Å². The molecule has 3 aromatic heterocycles. The average Bonchev–Trinajstić information content (AvgIpc) is 3.85. The quantitative estimate of drug-likeness (QED) is 0.184. The minimum absolute atomic E-state index is 1.16. The highest BCUT2D eigenvalue weighted by molar-refractivity contribution is 6.31. The molecule has 4 nitrogen and oxygen atoms in total. The van der Waals surface area contributed by atoms with E-state index in [1.165, 1.54) is 88.2 Å². The first-order valence-corrected chi connectivity index (χ1v) is 17.9. The lowest BCUT2D eigenvalue weighted by atomic mass is 10.0. The van der Waals surface area contributed by atoms with Gasteiger partial charge in [0.15, 0.2) is 0 Å². The second-order valence-corrected chi connectivity index (χ2v) is 13.8. The largest absolute Gasteiger partial charge is 0.309 e. The summed E-state index contributed by atoms with van der Waals surface area (Å²) in [6.07, 6.45) is 0. The molecule has 1 aliphatic heterocycles. The van der Waals surface area contributed by atoms with Crippen LogP contribution in [-0.2, 0) is 0 Å². The van der Waals surface area contributed by atoms with Crippen molar-refractivity contribution in [1.29, 1.82) is 0 Å². The Morgan fingerprint density at radius 2 is 0.788 bits per heavy atom. The van der Waals surface area contributed by atoms with Crippen molar-refractivity contribution in [2.75, 3.05) is 4.90 Å². The minimum Gasteiger partial charge on any atom is -0.309 e. The summed E-state index contributed by atoms with van der Waals surface area (Å²) in [6.45, 7) is 0. The van der Waals surface area contributed by atoms with Crippen molar-refractivity contribution in [2.24, 2.45) is 0 Å². The van der Waals surface area contributed by atoms with E-state index >= 15 is 0 Å². The van der Waals surface area contributed by atoms with E-state index in [0.717, 1.165) is 11.4 Å². The number of para-hydroxylation sites is 7. The summed E-state index contributed by atoms with van der Waals surface area (Å²) in [5.41, 5.74) is 14.3. The predicted molar refractivity (Wildman–Crippen MR) is 218 cm³/mol. The van der Waals surface area contributed by atoms with E-state index in [1.807, 2.05) is 0 Å². The first-order valence-electron chi connectivity index (χ1n) is 17.9. The Kier molecular flexibility index (Phi) is 5.47. The monoisotopic (exact) mass is 662 g/mol. The van der Waals surface area contributed by atoms with E-state index in [2.05, 4.69) is 201 Å². The van der Waals surface area contributed by atoms with Crippen LogP contribution in [0.3, 0.4) is 0 Å². The number of hydrogen-bond acceptors (Lipinski definition) is 1. The molecule has 0 amide bonds. The number of aromatic nitrogens is 3. The molecule has 242 valence electrons. The van der Waals surface area contributed by atoms with Crippen LogP contribution in [-0.4, -0.2) is 13.7 Å². The lowest BCUT2D eigenvalue weighted by molar-refractivity contribution is 1.11. The molecule has 4 heteroatoms. The van der Waals surface area contributed by atoms with Gasteiger partial charge < -0.3 is 18.6 Å². The number of anilines is 3. The molecule has 0 radical (unpaired) electrons. The van der Waals surface area contributed by atoms with E-state index in [0.29, 0.717) is 0 Å². The van der Waals surface area contributed by atoms with Gasteiger partial charge in [0.25, 0.3) is 0 Å². The second kappa shape index (κ2) is 10.3. The van der Waals surface area contributed by atoms with Crippen LogP contribution in [0.5, 0.6) is 0 Å². The molecule has 12 rings (SSSR count). The standard InChI is InChI=1S/C48H30N4/c1-3-14-31(15-4-1)49-38-21-9-7-18-34(38)37-30-33(26-27-40(37)49)51-39-22-10-8-19-35(39)46-43(51)28-29-44-47(46)36-20-13-25-45-48(36)52(44)42-24-12-11-23-41(42)50(45)32-16-5-2-6-17-32/h1-30H. The molecule has 52 heavy (non-hydrogen) atoms. The maximum Gasteiger partial charge on any atom is 0.0783 e. The van der Waals surface area contributed by atoms with Gasteiger partial charge in [-0.25, -0.2) is 0 Å². The fraction of sp³-hybridized carbons (Fsp3) is 0. The first-order chi connectivity index (χ1) is 25.8. The summed E-state index contributed by atoms with van der Waals surface area (Å²) >= 11 is 0. The molecule has 4 heterocycles. The molecule has 0 saturated carbocycles. The molecule has 11 aromatic rings. The molecule has 8 aromatic carbocycles. The molecule has 0 N–H and O–H groups in total. The Labute approximate surface area is 299 Å². The van der Waals surface area contributed by atoms with Gasteiger partial charge in [0.1, 0.15) is 0 Å². The van der Waals surface area contributed by atoms with Crippen molar-refractivity contribution >= 4 is 82.5 Å². The van der Waals surface area contributed by atoms with Crippen LogP contribution in [0.15, 0.2) is 182 Å². The van der Waals surface area contributed by atoms with E-state index < -0.39 is 0 Å². The number of fused-ring (bicyclic) bond motifs is 12. The van der Waals surface area contributed by atoms with Crippen LogP contribution < -0.4 is 4.90 Å². The molecular weight excluding hydrogens is 633 g/mol. The van der Waals surface area contributed by atoms with Crippen molar-refractivity contribution in [3.63, 3.8) is 0 Å². The fourth-order valence-electron chi connectivity index (χ4n) is 9.09. The lowest BCUT2D eigenvalue weighted by Gasteiger charge is -2.33. The van der Waals surface area contributed by atoms with Gasteiger partial charge in [-0.2, -0.15) is 0 Å². The molecule has 0 saturated heterocycles. The van der Waals surface area contributed by atoms with E-state index in [9.17, 15) is 0 Å². The van der Waals surface area contributed by atoms with Crippen LogP contribution in [0.1, 0.15) is 0 Å². The Bertz CT molecular complexity index is 3230. The summed E-state index contributed by atoms with van der Waals surface area (Å²) < 4.78 is 7.34. The molecule has 0 spiro atoms. The summed E-state index contributed by atoms with van der Waals surface area (Å²) in [5.74, 6) is 0. The number of benzene rings is 8. The summed E-state index contributed by atoms with van der Waals surface area (Å²) in [5, 5.41) is 7.59. The third kappa shape index (κ3) is 3.55. The van der Waals surface area contributed by atoms with Gasteiger partial charge in [-0.05, 0) is 84.9 Å². The molecule has 0 unspecified atom stereocenters. The summed E-state index contributed by atoms with van der Waals surface area (Å²) in [4.78, 5) is 2.41. The second-order valence-electron chi connectivity index (χ2n) is 13.8. The molecule has 0 aliphatic carbocycles. The van der Waals surface area contributed by atoms with Crippen molar-refractivity contribution in [1.82, 2.24) is 13.7 Å². The third-order valence-electron chi connectivity index (χ3n) is 11.1. The van der Waals surface area contributed by atoms with E-state index in [4.69, 9.17) is 0 Å². The third-order valence-corrected chi connectivity index (χ3v) is 11.1. The van der Waals surface area contributed by atoms with Crippen molar-refractivity contribution in [2.45, 2.75) is 0 Å². The molecule has 0 atom stereocenters. The number of rotatable bonds is 3. The summed E-state index contributed by atoms with van der Waals surface area (Å²) in [6, 6.07) is 66.3. The molecular formula is C48H30N4. The van der Waals surface area contributed by atoms with Gasteiger partial charge in [-0.1, -0.05) is 97.1 Å². The average molecular weight is 663 g/mol. The zero-order chi connectivity index (χ0) is 33.9. The summed E-state index contributed by atoms with van der Waals surface area (Å²) in [7, 11) is 0. The Balaban J connectivity index is 1.18.